The molecule has 4 nitrogen and oxygen atoms in total. The van der Waals surface area contributed by atoms with E-state index in [1.807, 2.05) is 11.9 Å². The Morgan fingerprint density at radius 3 is 2.85 bits per heavy atom. The molecule has 6 heteroatoms. The summed E-state index contributed by atoms with van der Waals surface area (Å²) in [4.78, 5) is 1.95. The smallest absolute Gasteiger partial charge is 0.138 e. The Kier molecular flexibility index (Phi) is 4.05. The van der Waals surface area contributed by atoms with E-state index in [0.29, 0.717) is 17.4 Å². The van der Waals surface area contributed by atoms with Gasteiger partial charge in [0.25, 0.3) is 0 Å². The van der Waals surface area contributed by atoms with Crippen LogP contribution < -0.4 is 0 Å². The zero-order valence-corrected chi connectivity index (χ0v) is 9.14. The molecular formula is C7H12ClN3OS. The minimum Gasteiger partial charge on any atom is -0.392 e. The molecule has 0 radical (unpaired) electrons. The number of aliphatic hydroxyl groups is 1. The first-order chi connectivity index (χ1) is 6.09. The van der Waals surface area contributed by atoms with Crippen molar-refractivity contribution in [3.05, 3.63) is 10.0 Å². The summed E-state index contributed by atoms with van der Waals surface area (Å²) in [6.07, 6.45) is -0.338. The number of aromatic nitrogens is 2. The molecule has 0 aliphatic carbocycles. The molecule has 1 atom stereocenters. The fourth-order valence-corrected chi connectivity index (χ4v) is 1.67. The Bertz CT molecular complexity index is 266. The van der Waals surface area contributed by atoms with Crippen molar-refractivity contribution in [1.29, 1.82) is 0 Å². The van der Waals surface area contributed by atoms with Crippen LogP contribution in [0.25, 0.3) is 0 Å². The van der Waals surface area contributed by atoms with E-state index in [1.165, 1.54) is 11.5 Å². The van der Waals surface area contributed by atoms with Gasteiger partial charge in [0.1, 0.15) is 10.0 Å². The first kappa shape index (κ1) is 10.8. The molecular weight excluding hydrogens is 210 g/mol. The summed E-state index contributed by atoms with van der Waals surface area (Å²) < 4.78 is 4.35. The minimum absolute atomic E-state index is 0.338. The number of hydrogen-bond donors (Lipinski definition) is 1. The van der Waals surface area contributed by atoms with Crippen molar-refractivity contribution in [2.75, 3.05) is 13.6 Å². The molecule has 0 aromatic carbocycles. The molecule has 0 aliphatic rings. The summed E-state index contributed by atoms with van der Waals surface area (Å²) in [6, 6.07) is 0. The minimum atomic E-state index is -0.338. The highest BCUT2D eigenvalue weighted by Gasteiger charge is 2.09. The van der Waals surface area contributed by atoms with Crippen molar-refractivity contribution in [2.24, 2.45) is 0 Å². The molecule has 0 fully saturated rings. The molecule has 74 valence electrons. The van der Waals surface area contributed by atoms with Gasteiger partial charge in [0.15, 0.2) is 0 Å². The van der Waals surface area contributed by atoms with Crippen LogP contribution in [0.2, 0.25) is 4.34 Å². The molecule has 1 unspecified atom stereocenters. The van der Waals surface area contributed by atoms with Crippen LogP contribution >= 0.6 is 23.1 Å². The van der Waals surface area contributed by atoms with Crippen molar-refractivity contribution >= 4 is 23.1 Å². The summed E-state index contributed by atoms with van der Waals surface area (Å²) in [5.74, 6) is 0. The molecule has 1 heterocycles. The Hall–Kier alpha value is -0.230. The van der Waals surface area contributed by atoms with Gasteiger partial charge in [-0.1, -0.05) is 16.1 Å². The predicted molar refractivity (Wildman–Crippen MR) is 52.9 cm³/mol. The van der Waals surface area contributed by atoms with Gasteiger partial charge in [-0.2, -0.15) is 0 Å². The van der Waals surface area contributed by atoms with E-state index in [9.17, 15) is 0 Å². The summed E-state index contributed by atoms with van der Waals surface area (Å²) >= 11 is 7.01. The van der Waals surface area contributed by atoms with Crippen molar-refractivity contribution < 1.29 is 5.11 Å². The van der Waals surface area contributed by atoms with Crippen LogP contribution in [0, 0.1) is 0 Å². The topological polar surface area (TPSA) is 49.2 Å². The number of aliphatic hydroxyl groups excluding tert-OH is 1. The summed E-state index contributed by atoms with van der Waals surface area (Å²) in [6.45, 7) is 2.98. The van der Waals surface area contributed by atoms with Crippen LogP contribution in [0.15, 0.2) is 0 Å². The second-order valence-electron chi connectivity index (χ2n) is 3.04. The maximum absolute atomic E-state index is 9.11. The van der Waals surface area contributed by atoms with E-state index in [0.717, 1.165) is 5.69 Å². The van der Waals surface area contributed by atoms with Crippen LogP contribution in [0.3, 0.4) is 0 Å². The maximum Gasteiger partial charge on any atom is 0.138 e. The largest absolute Gasteiger partial charge is 0.392 e. The van der Waals surface area contributed by atoms with Crippen LogP contribution in [0.4, 0.5) is 0 Å². The average molecular weight is 222 g/mol. The second kappa shape index (κ2) is 4.85. The quantitative estimate of drug-likeness (QED) is 0.825. The van der Waals surface area contributed by atoms with Crippen LogP contribution in [-0.2, 0) is 6.54 Å². The highest BCUT2D eigenvalue weighted by atomic mass is 35.5. The third-order valence-electron chi connectivity index (χ3n) is 1.50. The van der Waals surface area contributed by atoms with Gasteiger partial charge < -0.3 is 5.11 Å². The van der Waals surface area contributed by atoms with Gasteiger partial charge in [-0.25, -0.2) is 0 Å². The molecule has 1 rings (SSSR count). The van der Waals surface area contributed by atoms with E-state index in [2.05, 4.69) is 9.59 Å². The molecule has 0 saturated heterocycles. The van der Waals surface area contributed by atoms with Crippen molar-refractivity contribution in [3.63, 3.8) is 0 Å². The van der Waals surface area contributed by atoms with Gasteiger partial charge in [-0.05, 0) is 14.0 Å². The average Bonchev–Trinajstić information content (AvgIpc) is 2.34. The van der Waals surface area contributed by atoms with E-state index < -0.39 is 0 Å². The predicted octanol–water partition coefficient (Wildman–Crippen LogP) is 1.00. The molecule has 0 amide bonds. The van der Waals surface area contributed by atoms with Crippen molar-refractivity contribution in [2.45, 2.75) is 19.6 Å². The third-order valence-corrected chi connectivity index (χ3v) is 2.49. The van der Waals surface area contributed by atoms with E-state index in [1.54, 1.807) is 6.92 Å². The van der Waals surface area contributed by atoms with Gasteiger partial charge >= 0.3 is 0 Å². The van der Waals surface area contributed by atoms with E-state index in [-0.39, 0.29) is 6.10 Å². The lowest BCUT2D eigenvalue weighted by molar-refractivity contribution is 0.138. The molecule has 0 aliphatic heterocycles. The van der Waals surface area contributed by atoms with E-state index >= 15 is 0 Å². The standard InChI is InChI=1S/C7H12ClN3OS/c1-5(12)3-11(2)4-6-7(8)13-10-9-6/h5,12H,3-4H2,1-2H3. The molecule has 0 bridgehead atoms. The van der Waals surface area contributed by atoms with Crippen LogP contribution in [-0.4, -0.2) is 39.3 Å². The molecule has 0 spiro atoms. The Balaban J connectivity index is 2.45. The lowest BCUT2D eigenvalue weighted by atomic mass is 10.3. The highest BCUT2D eigenvalue weighted by Crippen LogP contribution is 2.18. The normalized spacial score (nSPS) is 13.6. The molecule has 1 aromatic rings. The van der Waals surface area contributed by atoms with Gasteiger partial charge in [0.2, 0.25) is 0 Å². The van der Waals surface area contributed by atoms with Crippen LogP contribution in [0.1, 0.15) is 12.6 Å². The number of hydrogen-bond acceptors (Lipinski definition) is 5. The molecule has 0 saturated carbocycles. The van der Waals surface area contributed by atoms with Gasteiger partial charge in [-0.15, -0.1) is 5.10 Å². The molecule has 13 heavy (non-hydrogen) atoms. The lowest BCUT2D eigenvalue weighted by Gasteiger charge is -2.16. The molecule has 1 aromatic heterocycles. The number of rotatable bonds is 4. The molecule has 1 N–H and O–H groups in total. The van der Waals surface area contributed by atoms with Crippen molar-refractivity contribution in [3.8, 4) is 0 Å². The van der Waals surface area contributed by atoms with E-state index in [4.69, 9.17) is 16.7 Å². The fourth-order valence-electron chi connectivity index (χ4n) is 1.06. The first-order valence-electron chi connectivity index (χ1n) is 3.93. The number of nitrogens with zero attached hydrogens (tertiary/aromatic N) is 3. The highest BCUT2D eigenvalue weighted by molar-refractivity contribution is 7.10. The Morgan fingerprint density at radius 2 is 2.38 bits per heavy atom. The monoisotopic (exact) mass is 221 g/mol. The lowest BCUT2D eigenvalue weighted by Crippen LogP contribution is -2.26. The third kappa shape index (κ3) is 3.56. The first-order valence-corrected chi connectivity index (χ1v) is 5.08. The van der Waals surface area contributed by atoms with Crippen LogP contribution in [0.5, 0.6) is 0 Å². The van der Waals surface area contributed by atoms with Gasteiger partial charge in [0.05, 0.1) is 6.10 Å². The summed E-state index contributed by atoms with van der Waals surface area (Å²) in [7, 11) is 1.91. The Labute approximate surface area is 86.3 Å². The maximum atomic E-state index is 9.11. The number of halogens is 1. The van der Waals surface area contributed by atoms with Crippen molar-refractivity contribution in [1.82, 2.24) is 14.5 Å². The Morgan fingerprint density at radius 1 is 1.69 bits per heavy atom. The number of likely N-dealkylation sites (N-methyl/N-ethyl adjacent to an activating group) is 1. The summed E-state index contributed by atoms with van der Waals surface area (Å²) in [5.41, 5.74) is 0.773. The van der Waals surface area contributed by atoms with Gasteiger partial charge in [-0.3, -0.25) is 4.90 Å². The fraction of sp³-hybridized carbons (Fsp3) is 0.714. The van der Waals surface area contributed by atoms with Gasteiger partial charge in [0, 0.05) is 24.6 Å². The zero-order valence-electron chi connectivity index (χ0n) is 7.57. The summed E-state index contributed by atoms with van der Waals surface area (Å²) in [5, 5.41) is 13.0. The SMILES string of the molecule is CC(O)CN(C)Cc1nnsc1Cl. The zero-order chi connectivity index (χ0) is 9.84. The second-order valence-corrected chi connectivity index (χ2v) is 4.40.